The first-order valence-corrected chi connectivity index (χ1v) is 6.06. The van der Waals surface area contributed by atoms with E-state index in [1.54, 1.807) is 11.1 Å². The van der Waals surface area contributed by atoms with E-state index < -0.39 is 0 Å². The number of fused-ring (bicyclic) bond motifs is 1. The van der Waals surface area contributed by atoms with Crippen LogP contribution in [-0.4, -0.2) is 13.6 Å². The van der Waals surface area contributed by atoms with Crippen LogP contribution in [0.15, 0.2) is 12.1 Å². The minimum Gasteiger partial charge on any atom is -0.375 e. The van der Waals surface area contributed by atoms with Crippen molar-refractivity contribution in [3.05, 3.63) is 28.8 Å². The summed E-state index contributed by atoms with van der Waals surface area (Å²) in [5.41, 5.74) is 6.02. The predicted octanol–water partition coefficient (Wildman–Crippen LogP) is 3.33. The number of aryl methyl sites for hydroxylation is 3. The maximum absolute atomic E-state index is 2.41. The first kappa shape index (κ1) is 10.5. The average molecular weight is 203 g/mol. The minimum atomic E-state index is 1.08. The van der Waals surface area contributed by atoms with Crippen molar-refractivity contribution in [1.82, 2.24) is 0 Å². The van der Waals surface area contributed by atoms with Crippen LogP contribution in [0.5, 0.6) is 0 Å². The van der Waals surface area contributed by atoms with Gasteiger partial charge in [-0.1, -0.05) is 6.07 Å². The van der Waals surface area contributed by atoms with Crippen LogP contribution in [0.2, 0.25) is 0 Å². The van der Waals surface area contributed by atoms with Gasteiger partial charge in [0.25, 0.3) is 0 Å². The minimum absolute atomic E-state index is 1.08. The Morgan fingerprint density at radius 3 is 2.33 bits per heavy atom. The molecule has 0 amide bonds. The molecule has 0 saturated heterocycles. The van der Waals surface area contributed by atoms with Crippen LogP contribution >= 0.6 is 0 Å². The molecule has 0 aliphatic heterocycles. The fraction of sp³-hybridized carbons (Fsp3) is 0.571. The van der Waals surface area contributed by atoms with Gasteiger partial charge in [-0.15, -0.1) is 0 Å². The van der Waals surface area contributed by atoms with Gasteiger partial charge in [-0.2, -0.15) is 0 Å². The highest BCUT2D eigenvalue weighted by Gasteiger charge is 2.12. The van der Waals surface area contributed by atoms with Gasteiger partial charge in [0.1, 0.15) is 0 Å². The summed E-state index contributed by atoms with van der Waals surface area (Å²) in [4.78, 5) is 2.34. The fourth-order valence-corrected chi connectivity index (χ4v) is 2.48. The van der Waals surface area contributed by atoms with Crippen molar-refractivity contribution in [3.8, 4) is 0 Å². The SMILES string of the molecule is CCN(C)c1cc2c(cc1C)CCCC2. The van der Waals surface area contributed by atoms with Crippen LogP contribution in [0.25, 0.3) is 0 Å². The van der Waals surface area contributed by atoms with Crippen molar-refractivity contribution in [2.45, 2.75) is 39.5 Å². The molecule has 0 saturated carbocycles. The topological polar surface area (TPSA) is 3.24 Å². The lowest BCUT2D eigenvalue weighted by Crippen LogP contribution is -2.18. The summed E-state index contributed by atoms with van der Waals surface area (Å²) >= 11 is 0. The molecule has 0 bridgehead atoms. The Labute approximate surface area is 93.1 Å². The monoisotopic (exact) mass is 203 g/mol. The van der Waals surface area contributed by atoms with E-state index >= 15 is 0 Å². The van der Waals surface area contributed by atoms with Crippen molar-refractivity contribution >= 4 is 5.69 Å². The largest absolute Gasteiger partial charge is 0.375 e. The standard InChI is InChI=1S/C14H21N/c1-4-15(3)14-10-13-8-6-5-7-12(13)9-11(14)2/h9-10H,4-8H2,1-3H3. The summed E-state index contributed by atoms with van der Waals surface area (Å²) in [5, 5.41) is 0. The third kappa shape index (κ3) is 2.01. The molecule has 1 heteroatoms. The molecule has 82 valence electrons. The summed E-state index contributed by atoms with van der Waals surface area (Å²) < 4.78 is 0. The smallest absolute Gasteiger partial charge is 0.0396 e. The van der Waals surface area contributed by atoms with Gasteiger partial charge < -0.3 is 4.90 Å². The molecular weight excluding hydrogens is 182 g/mol. The lowest BCUT2D eigenvalue weighted by Gasteiger charge is -2.24. The normalized spacial score (nSPS) is 14.9. The lowest BCUT2D eigenvalue weighted by atomic mass is 9.89. The van der Waals surface area contributed by atoms with Crippen molar-refractivity contribution in [1.29, 1.82) is 0 Å². The Kier molecular flexibility index (Phi) is 2.99. The first-order valence-electron chi connectivity index (χ1n) is 6.06. The predicted molar refractivity (Wildman–Crippen MR) is 66.8 cm³/mol. The van der Waals surface area contributed by atoms with E-state index in [4.69, 9.17) is 0 Å². The van der Waals surface area contributed by atoms with Crippen LogP contribution in [0, 0.1) is 6.92 Å². The highest BCUT2D eigenvalue weighted by atomic mass is 15.1. The molecule has 0 atom stereocenters. The van der Waals surface area contributed by atoms with E-state index in [9.17, 15) is 0 Å². The van der Waals surface area contributed by atoms with Gasteiger partial charge in [-0.05, 0) is 62.3 Å². The van der Waals surface area contributed by atoms with Crippen LogP contribution < -0.4 is 4.90 Å². The van der Waals surface area contributed by atoms with Crippen molar-refractivity contribution in [3.63, 3.8) is 0 Å². The number of rotatable bonds is 2. The lowest BCUT2D eigenvalue weighted by molar-refractivity contribution is 0.684. The molecule has 15 heavy (non-hydrogen) atoms. The Balaban J connectivity index is 2.40. The Morgan fingerprint density at radius 1 is 1.13 bits per heavy atom. The second kappa shape index (κ2) is 4.26. The summed E-state index contributed by atoms with van der Waals surface area (Å²) in [6.45, 7) is 5.52. The van der Waals surface area contributed by atoms with E-state index in [1.807, 2.05) is 0 Å². The summed E-state index contributed by atoms with van der Waals surface area (Å²) in [5.74, 6) is 0. The maximum Gasteiger partial charge on any atom is 0.0396 e. The molecule has 0 N–H and O–H groups in total. The highest BCUT2D eigenvalue weighted by Crippen LogP contribution is 2.28. The van der Waals surface area contributed by atoms with E-state index in [0.717, 1.165) is 6.54 Å². The van der Waals surface area contributed by atoms with E-state index in [-0.39, 0.29) is 0 Å². The second-order valence-electron chi connectivity index (χ2n) is 4.63. The van der Waals surface area contributed by atoms with Crippen molar-refractivity contribution in [2.75, 3.05) is 18.5 Å². The number of benzene rings is 1. The quantitative estimate of drug-likeness (QED) is 0.712. The van der Waals surface area contributed by atoms with Crippen molar-refractivity contribution in [2.24, 2.45) is 0 Å². The number of hydrogen-bond acceptors (Lipinski definition) is 1. The third-order valence-electron chi connectivity index (χ3n) is 3.55. The molecule has 0 radical (unpaired) electrons. The second-order valence-corrected chi connectivity index (χ2v) is 4.63. The molecule has 0 aromatic heterocycles. The molecule has 1 aliphatic carbocycles. The van der Waals surface area contributed by atoms with Gasteiger partial charge in [-0.3, -0.25) is 0 Å². The van der Waals surface area contributed by atoms with Crippen molar-refractivity contribution < 1.29 is 0 Å². The molecule has 1 aromatic carbocycles. The molecule has 1 nitrogen and oxygen atoms in total. The third-order valence-corrected chi connectivity index (χ3v) is 3.55. The summed E-state index contributed by atoms with van der Waals surface area (Å²) in [6, 6.07) is 4.81. The van der Waals surface area contributed by atoms with E-state index in [0.29, 0.717) is 0 Å². The van der Waals surface area contributed by atoms with Gasteiger partial charge in [0.2, 0.25) is 0 Å². The Hall–Kier alpha value is -0.980. The van der Waals surface area contributed by atoms with Crippen LogP contribution in [0.3, 0.4) is 0 Å². The van der Waals surface area contributed by atoms with Gasteiger partial charge in [0, 0.05) is 19.3 Å². The highest BCUT2D eigenvalue weighted by molar-refractivity contribution is 5.57. The Bertz CT molecular complexity index is 355. The van der Waals surface area contributed by atoms with E-state index in [2.05, 4.69) is 37.9 Å². The van der Waals surface area contributed by atoms with Gasteiger partial charge in [0.15, 0.2) is 0 Å². The molecule has 2 rings (SSSR count). The molecule has 0 heterocycles. The number of nitrogens with zero attached hydrogens (tertiary/aromatic N) is 1. The summed E-state index contributed by atoms with van der Waals surface area (Å²) in [6.07, 6.45) is 5.30. The van der Waals surface area contributed by atoms with Gasteiger partial charge >= 0.3 is 0 Å². The number of anilines is 1. The Morgan fingerprint density at radius 2 is 1.73 bits per heavy atom. The average Bonchev–Trinajstić information content (AvgIpc) is 2.27. The molecule has 0 spiro atoms. The first-order chi connectivity index (χ1) is 7.22. The van der Waals surface area contributed by atoms with Crippen LogP contribution in [0.4, 0.5) is 5.69 Å². The van der Waals surface area contributed by atoms with E-state index in [1.165, 1.54) is 36.9 Å². The molecule has 1 aliphatic rings. The van der Waals surface area contributed by atoms with Crippen LogP contribution in [0.1, 0.15) is 36.5 Å². The molecular formula is C14H21N. The van der Waals surface area contributed by atoms with Crippen LogP contribution in [-0.2, 0) is 12.8 Å². The maximum atomic E-state index is 2.41. The zero-order valence-electron chi connectivity index (χ0n) is 10.1. The van der Waals surface area contributed by atoms with Gasteiger partial charge in [-0.25, -0.2) is 0 Å². The molecule has 1 aromatic rings. The molecule has 0 unspecified atom stereocenters. The fourth-order valence-electron chi connectivity index (χ4n) is 2.48. The zero-order chi connectivity index (χ0) is 10.8. The summed E-state index contributed by atoms with van der Waals surface area (Å²) in [7, 11) is 2.18. The number of hydrogen-bond donors (Lipinski definition) is 0. The zero-order valence-corrected chi connectivity index (χ0v) is 10.1. The molecule has 0 fully saturated rings. The van der Waals surface area contributed by atoms with Gasteiger partial charge in [0.05, 0.1) is 0 Å².